The number of ether oxygens (including phenoxy) is 1. The number of pyridine rings is 1. The van der Waals surface area contributed by atoms with E-state index in [1.165, 1.54) is 0 Å². The zero-order valence-electron chi connectivity index (χ0n) is 12.6. The number of aromatic nitrogens is 1. The molecule has 5 nitrogen and oxygen atoms in total. The predicted molar refractivity (Wildman–Crippen MR) is 81.3 cm³/mol. The maximum Gasteiger partial charge on any atom is 0.407 e. The van der Waals surface area contributed by atoms with Crippen LogP contribution >= 0.6 is 11.6 Å². The number of alkyl carbamates (subject to hydrolysis) is 1. The summed E-state index contributed by atoms with van der Waals surface area (Å²) in [5, 5.41) is 6.45. The molecule has 0 aliphatic heterocycles. The second-order valence-electron chi connectivity index (χ2n) is 5.70. The number of nitrogens with zero attached hydrogens (tertiary/aromatic N) is 1. The fourth-order valence-electron chi connectivity index (χ4n) is 1.55. The summed E-state index contributed by atoms with van der Waals surface area (Å²) >= 11 is 5.81. The molecule has 0 spiro atoms. The van der Waals surface area contributed by atoms with Gasteiger partial charge < -0.3 is 15.4 Å². The van der Waals surface area contributed by atoms with Gasteiger partial charge in [0, 0.05) is 12.6 Å². The molecular weight excluding hydrogens is 278 g/mol. The lowest BCUT2D eigenvalue weighted by Gasteiger charge is -2.21. The molecule has 0 saturated heterocycles. The molecule has 2 N–H and O–H groups in total. The summed E-state index contributed by atoms with van der Waals surface area (Å²) < 4.78 is 5.17. The summed E-state index contributed by atoms with van der Waals surface area (Å²) in [6.07, 6.45) is -0.419. The highest BCUT2D eigenvalue weighted by molar-refractivity contribution is 6.29. The molecule has 6 heteroatoms. The lowest BCUT2D eigenvalue weighted by atomic mass is 10.2. The number of carbonyl (C=O) groups excluding carboxylic acids is 1. The number of hydrogen-bond donors (Lipinski definition) is 2. The lowest BCUT2D eigenvalue weighted by Crippen LogP contribution is -2.38. The Morgan fingerprint density at radius 1 is 1.45 bits per heavy atom. The molecule has 0 aromatic carbocycles. The Morgan fingerprint density at radius 3 is 2.65 bits per heavy atom. The lowest BCUT2D eigenvalue weighted by molar-refractivity contribution is 0.0526. The van der Waals surface area contributed by atoms with Gasteiger partial charge in [-0.25, -0.2) is 9.78 Å². The van der Waals surface area contributed by atoms with Crippen LogP contribution in [0.5, 0.6) is 0 Å². The Kier molecular flexibility index (Phi) is 5.62. The SMILES string of the molecule is Cc1nc(Cl)ccc1NC(C)CNC(=O)OC(C)(C)C. The van der Waals surface area contributed by atoms with Gasteiger partial charge in [-0.2, -0.15) is 0 Å². The first kappa shape index (κ1) is 16.6. The third kappa shape index (κ3) is 6.10. The number of hydrogen-bond acceptors (Lipinski definition) is 4. The Morgan fingerprint density at radius 2 is 2.10 bits per heavy atom. The van der Waals surface area contributed by atoms with E-state index in [1.807, 2.05) is 40.7 Å². The van der Waals surface area contributed by atoms with Crippen molar-refractivity contribution in [2.75, 3.05) is 11.9 Å². The fraction of sp³-hybridized carbons (Fsp3) is 0.571. The molecule has 1 aromatic rings. The Labute approximate surface area is 125 Å². The Hall–Kier alpha value is -1.49. The van der Waals surface area contributed by atoms with Gasteiger partial charge in [0.25, 0.3) is 0 Å². The standard InChI is InChI=1S/C14H22ClN3O2/c1-9(8-16-13(19)20-14(3,4)5)17-11-6-7-12(15)18-10(11)2/h6-7,9,17H,8H2,1-5H3,(H,16,19). The van der Waals surface area contributed by atoms with E-state index < -0.39 is 11.7 Å². The Balaban J connectivity index is 2.44. The van der Waals surface area contributed by atoms with Gasteiger partial charge in [-0.1, -0.05) is 11.6 Å². The number of aryl methyl sites for hydroxylation is 1. The highest BCUT2D eigenvalue weighted by Gasteiger charge is 2.16. The van der Waals surface area contributed by atoms with Gasteiger partial charge in [0.1, 0.15) is 10.8 Å². The van der Waals surface area contributed by atoms with E-state index in [1.54, 1.807) is 6.07 Å². The monoisotopic (exact) mass is 299 g/mol. The average molecular weight is 300 g/mol. The summed E-state index contributed by atoms with van der Waals surface area (Å²) in [4.78, 5) is 15.7. The van der Waals surface area contributed by atoms with Crippen LogP contribution in [-0.4, -0.2) is 29.3 Å². The quantitative estimate of drug-likeness (QED) is 0.837. The smallest absolute Gasteiger partial charge is 0.407 e. The first-order chi connectivity index (χ1) is 9.17. The normalized spacial score (nSPS) is 12.7. The van der Waals surface area contributed by atoms with E-state index >= 15 is 0 Å². The molecule has 0 fully saturated rings. The minimum absolute atomic E-state index is 0.0455. The molecule has 0 saturated carbocycles. The molecule has 0 aliphatic rings. The van der Waals surface area contributed by atoms with Gasteiger partial charge >= 0.3 is 6.09 Å². The summed E-state index contributed by atoms with van der Waals surface area (Å²) in [5.41, 5.74) is 1.23. The molecule has 1 rings (SSSR count). The first-order valence-electron chi connectivity index (χ1n) is 6.54. The van der Waals surface area contributed by atoms with Crippen molar-refractivity contribution in [2.24, 2.45) is 0 Å². The second-order valence-corrected chi connectivity index (χ2v) is 6.08. The van der Waals surface area contributed by atoms with Crippen molar-refractivity contribution in [3.05, 3.63) is 23.0 Å². The van der Waals surface area contributed by atoms with Gasteiger partial charge in [0.05, 0.1) is 11.4 Å². The zero-order valence-corrected chi connectivity index (χ0v) is 13.3. The third-order valence-electron chi connectivity index (χ3n) is 2.41. The fourth-order valence-corrected chi connectivity index (χ4v) is 1.74. The highest BCUT2D eigenvalue weighted by atomic mass is 35.5. The van der Waals surface area contributed by atoms with Gasteiger partial charge in [0.2, 0.25) is 0 Å². The molecule has 20 heavy (non-hydrogen) atoms. The molecule has 1 aromatic heterocycles. The van der Waals surface area contributed by atoms with Crippen LogP contribution in [0.4, 0.5) is 10.5 Å². The molecule has 1 unspecified atom stereocenters. The average Bonchev–Trinajstić information content (AvgIpc) is 2.28. The maximum absolute atomic E-state index is 11.5. The molecule has 1 amide bonds. The molecule has 0 bridgehead atoms. The topological polar surface area (TPSA) is 63.2 Å². The van der Waals surface area contributed by atoms with Crippen molar-refractivity contribution in [3.63, 3.8) is 0 Å². The molecule has 0 radical (unpaired) electrons. The number of nitrogens with one attached hydrogen (secondary N) is 2. The van der Waals surface area contributed by atoms with Crippen LogP contribution in [0.2, 0.25) is 5.15 Å². The van der Waals surface area contributed by atoms with E-state index in [0.29, 0.717) is 11.7 Å². The number of anilines is 1. The van der Waals surface area contributed by atoms with E-state index in [9.17, 15) is 4.79 Å². The number of rotatable bonds is 4. The highest BCUT2D eigenvalue weighted by Crippen LogP contribution is 2.16. The minimum atomic E-state index is -0.489. The van der Waals surface area contributed by atoms with Gasteiger partial charge in [-0.05, 0) is 46.8 Å². The van der Waals surface area contributed by atoms with E-state index in [2.05, 4.69) is 15.6 Å². The van der Waals surface area contributed by atoms with Crippen molar-refractivity contribution >= 4 is 23.4 Å². The van der Waals surface area contributed by atoms with Crippen LogP contribution in [-0.2, 0) is 4.74 Å². The molecule has 112 valence electrons. The van der Waals surface area contributed by atoms with Crippen molar-refractivity contribution in [1.82, 2.24) is 10.3 Å². The predicted octanol–water partition coefficient (Wildman–Crippen LogP) is 3.37. The molecule has 1 heterocycles. The van der Waals surface area contributed by atoms with Gasteiger partial charge in [0.15, 0.2) is 0 Å². The Bertz CT molecular complexity index is 472. The summed E-state index contributed by atoms with van der Waals surface area (Å²) in [5.74, 6) is 0. The van der Waals surface area contributed by atoms with E-state index in [-0.39, 0.29) is 6.04 Å². The molecule has 1 atom stereocenters. The van der Waals surface area contributed by atoms with Crippen LogP contribution in [0.3, 0.4) is 0 Å². The first-order valence-corrected chi connectivity index (χ1v) is 6.92. The molecule has 0 aliphatic carbocycles. The van der Waals surface area contributed by atoms with Crippen molar-refractivity contribution in [3.8, 4) is 0 Å². The number of carbonyl (C=O) groups is 1. The van der Waals surface area contributed by atoms with Crippen LogP contribution < -0.4 is 10.6 Å². The van der Waals surface area contributed by atoms with Crippen molar-refractivity contribution < 1.29 is 9.53 Å². The number of halogens is 1. The second kappa shape index (κ2) is 6.79. The van der Waals surface area contributed by atoms with Crippen LogP contribution in [0.15, 0.2) is 12.1 Å². The van der Waals surface area contributed by atoms with E-state index in [0.717, 1.165) is 11.4 Å². The van der Waals surface area contributed by atoms with Gasteiger partial charge in [-0.3, -0.25) is 0 Å². The summed E-state index contributed by atoms with van der Waals surface area (Å²) in [6, 6.07) is 3.64. The zero-order chi connectivity index (χ0) is 15.3. The largest absolute Gasteiger partial charge is 0.444 e. The maximum atomic E-state index is 11.5. The van der Waals surface area contributed by atoms with Crippen LogP contribution in [0, 0.1) is 6.92 Å². The van der Waals surface area contributed by atoms with Crippen LogP contribution in [0.1, 0.15) is 33.4 Å². The third-order valence-corrected chi connectivity index (χ3v) is 2.62. The number of amides is 1. The molecular formula is C14H22ClN3O2. The van der Waals surface area contributed by atoms with Crippen molar-refractivity contribution in [1.29, 1.82) is 0 Å². The van der Waals surface area contributed by atoms with Crippen molar-refractivity contribution in [2.45, 2.75) is 46.3 Å². The van der Waals surface area contributed by atoms with Gasteiger partial charge in [-0.15, -0.1) is 0 Å². The summed E-state index contributed by atoms with van der Waals surface area (Å²) in [6.45, 7) is 9.79. The van der Waals surface area contributed by atoms with E-state index in [4.69, 9.17) is 16.3 Å². The summed E-state index contributed by atoms with van der Waals surface area (Å²) in [7, 11) is 0. The minimum Gasteiger partial charge on any atom is -0.444 e. The van der Waals surface area contributed by atoms with Crippen LogP contribution in [0.25, 0.3) is 0 Å².